The fourth-order valence-corrected chi connectivity index (χ4v) is 2.32. The van der Waals surface area contributed by atoms with Gasteiger partial charge in [0, 0.05) is 38.9 Å². The molecule has 0 aliphatic heterocycles. The lowest BCUT2D eigenvalue weighted by molar-refractivity contribution is 0.136. The SMILES string of the molecule is COCCN(Cc1ccc(OC)c(CN)c1)CC(C)C. The Balaban J connectivity index is 2.76. The lowest BCUT2D eigenvalue weighted by Crippen LogP contribution is -2.30. The van der Waals surface area contributed by atoms with Crippen LogP contribution in [-0.2, 0) is 17.8 Å². The van der Waals surface area contributed by atoms with Crippen LogP contribution < -0.4 is 10.5 Å². The molecule has 0 spiro atoms. The molecule has 0 fully saturated rings. The fourth-order valence-electron chi connectivity index (χ4n) is 2.32. The molecule has 4 heteroatoms. The third-order valence-electron chi connectivity index (χ3n) is 3.21. The zero-order chi connectivity index (χ0) is 15.0. The first-order chi connectivity index (χ1) is 9.60. The van der Waals surface area contributed by atoms with Crippen LogP contribution in [-0.4, -0.2) is 38.8 Å². The number of benzene rings is 1. The molecule has 0 amide bonds. The Morgan fingerprint density at radius 3 is 2.55 bits per heavy atom. The number of rotatable bonds is 9. The fraction of sp³-hybridized carbons (Fsp3) is 0.625. The van der Waals surface area contributed by atoms with Crippen molar-refractivity contribution >= 4 is 0 Å². The van der Waals surface area contributed by atoms with Crippen molar-refractivity contribution in [3.63, 3.8) is 0 Å². The Bertz CT molecular complexity index is 394. The number of nitrogens with zero attached hydrogens (tertiary/aromatic N) is 1. The summed E-state index contributed by atoms with van der Waals surface area (Å²) in [6, 6.07) is 6.25. The van der Waals surface area contributed by atoms with Gasteiger partial charge >= 0.3 is 0 Å². The molecule has 4 nitrogen and oxygen atoms in total. The van der Waals surface area contributed by atoms with Crippen molar-refractivity contribution in [2.24, 2.45) is 11.7 Å². The van der Waals surface area contributed by atoms with Gasteiger partial charge in [-0.25, -0.2) is 0 Å². The van der Waals surface area contributed by atoms with Crippen molar-refractivity contribution in [2.45, 2.75) is 26.9 Å². The normalized spacial score (nSPS) is 11.3. The summed E-state index contributed by atoms with van der Waals surface area (Å²) in [5.41, 5.74) is 8.10. The van der Waals surface area contributed by atoms with Crippen molar-refractivity contribution in [1.82, 2.24) is 4.90 Å². The Labute approximate surface area is 122 Å². The second-order valence-corrected chi connectivity index (χ2v) is 5.47. The number of ether oxygens (including phenoxy) is 2. The molecule has 0 aliphatic rings. The minimum absolute atomic E-state index is 0.499. The van der Waals surface area contributed by atoms with Gasteiger partial charge in [0.25, 0.3) is 0 Å². The smallest absolute Gasteiger partial charge is 0.123 e. The number of hydrogen-bond donors (Lipinski definition) is 1. The number of nitrogens with two attached hydrogens (primary N) is 1. The highest BCUT2D eigenvalue weighted by Crippen LogP contribution is 2.20. The molecule has 0 aliphatic carbocycles. The monoisotopic (exact) mass is 280 g/mol. The van der Waals surface area contributed by atoms with Crippen LogP contribution in [0.5, 0.6) is 5.75 Å². The molecular weight excluding hydrogens is 252 g/mol. The van der Waals surface area contributed by atoms with Crippen LogP contribution in [0.2, 0.25) is 0 Å². The van der Waals surface area contributed by atoms with E-state index in [9.17, 15) is 0 Å². The van der Waals surface area contributed by atoms with E-state index in [2.05, 4.69) is 30.9 Å². The van der Waals surface area contributed by atoms with Gasteiger partial charge in [-0.15, -0.1) is 0 Å². The van der Waals surface area contributed by atoms with Crippen LogP contribution in [0.25, 0.3) is 0 Å². The molecule has 1 rings (SSSR count). The first-order valence-electron chi connectivity index (χ1n) is 7.17. The summed E-state index contributed by atoms with van der Waals surface area (Å²) >= 11 is 0. The lowest BCUT2D eigenvalue weighted by Gasteiger charge is -2.24. The van der Waals surface area contributed by atoms with E-state index in [4.69, 9.17) is 15.2 Å². The Kier molecular flexibility index (Phi) is 7.59. The zero-order valence-corrected chi connectivity index (χ0v) is 13.2. The van der Waals surface area contributed by atoms with E-state index in [1.165, 1.54) is 5.56 Å². The molecule has 20 heavy (non-hydrogen) atoms. The Hall–Kier alpha value is -1.10. The maximum absolute atomic E-state index is 5.77. The maximum atomic E-state index is 5.77. The predicted octanol–water partition coefficient (Wildman–Crippen LogP) is 2.26. The number of methoxy groups -OCH3 is 2. The van der Waals surface area contributed by atoms with Gasteiger partial charge in [0.1, 0.15) is 5.75 Å². The van der Waals surface area contributed by atoms with Crippen LogP contribution in [0.4, 0.5) is 0 Å². The maximum Gasteiger partial charge on any atom is 0.123 e. The van der Waals surface area contributed by atoms with Crippen molar-refractivity contribution in [2.75, 3.05) is 33.9 Å². The van der Waals surface area contributed by atoms with E-state index in [-0.39, 0.29) is 0 Å². The van der Waals surface area contributed by atoms with E-state index in [1.54, 1.807) is 14.2 Å². The lowest BCUT2D eigenvalue weighted by atomic mass is 10.1. The van der Waals surface area contributed by atoms with Crippen LogP contribution in [0.1, 0.15) is 25.0 Å². The first kappa shape index (κ1) is 17.0. The molecular formula is C16H28N2O2. The Morgan fingerprint density at radius 1 is 1.25 bits per heavy atom. The van der Waals surface area contributed by atoms with E-state index in [1.807, 2.05) is 6.07 Å². The van der Waals surface area contributed by atoms with Crippen molar-refractivity contribution in [3.8, 4) is 5.75 Å². The second-order valence-electron chi connectivity index (χ2n) is 5.47. The second kappa shape index (κ2) is 8.95. The highest BCUT2D eigenvalue weighted by Gasteiger charge is 2.10. The zero-order valence-electron chi connectivity index (χ0n) is 13.2. The van der Waals surface area contributed by atoms with E-state index in [0.717, 1.165) is 37.6 Å². The molecule has 114 valence electrons. The van der Waals surface area contributed by atoms with Gasteiger partial charge in [0.05, 0.1) is 13.7 Å². The highest BCUT2D eigenvalue weighted by molar-refractivity contribution is 5.37. The van der Waals surface area contributed by atoms with Crippen LogP contribution in [0.15, 0.2) is 18.2 Å². The van der Waals surface area contributed by atoms with E-state index >= 15 is 0 Å². The van der Waals surface area contributed by atoms with Gasteiger partial charge in [-0.2, -0.15) is 0 Å². The molecule has 1 aromatic carbocycles. The molecule has 0 saturated heterocycles. The third kappa shape index (κ3) is 5.49. The Morgan fingerprint density at radius 2 is 2.00 bits per heavy atom. The molecule has 0 saturated carbocycles. The van der Waals surface area contributed by atoms with Gasteiger partial charge in [-0.1, -0.05) is 19.9 Å². The third-order valence-corrected chi connectivity index (χ3v) is 3.21. The standard InChI is InChI=1S/C16H28N2O2/c1-13(2)11-18(7-8-19-3)12-14-5-6-16(20-4)15(9-14)10-17/h5-6,9,13H,7-8,10-12,17H2,1-4H3. The summed E-state index contributed by atoms with van der Waals surface area (Å²) in [5.74, 6) is 1.50. The van der Waals surface area contributed by atoms with Gasteiger partial charge in [-0.05, 0) is 23.6 Å². The first-order valence-corrected chi connectivity index (χ1v) is 7.17. The predicted molar refractivity (Wildman–Crippen MR) is 82.9 cm³/mol. The summed E-state index contributed by atoms with van der Waals surface area (Å²) in [5, 5.41) is 0. The molecule has 1 aromatic rings. The quantitative estimate of drug-likeness (QED) is 0.754. The summed E-state index contributed by atoms with van der Waals surface area (Å²) in [6.07, 6.45) is 0. The van der Waals surface area contributed by atoms with Crippen LogP contribution in [0.3, 0.4) is 0 Å². The average molecular weight is 280 g/mol. The molecule has 0 aromatic heterocycles. The van der Waals surface area contributed by atoms with Gasteiger partial charge in [-0.3, -0.25) is 4.90 Å². The van der Waals surface area contributed by atoms with Gasteiger partial charge in [0.15, 0.2) is 0 Å². The topological polar surface area (TPSA) is 47.7 Å². The van der Waals surface area contributed by atoms with E-state index < -0.39 is 0 Å². The van der Waals surface area contributed by atoms with Crippen molar-refractivity contribution < 1.29 is 9.47 Å². The minimum atomic E-state index is 0.499. The summed E-state index contributed by atoms with van der Waals surface area (Å²) < 4.78 is 10.5. The summed E-state index contributed by atoms with van der Waals surface area (Å²) in [4.78, 5) is 2.41. The molecule has 0 bridgehead atoms. The molecule has 0 unspecified atom stereocenters. The average Bonchev–Trinajstić information content (AvgIpc) is 2.44. The van der Waals surface area contributed by atoms with Gasteiger partial charge in [0.2, 0.25) is 0 Å². The summed E-state index contributed by atoms with van der Waals surface area (Å²) in [6.45, 7) is 8.65. The summed E-state index contributed by atoms with van der Waals surface area (Å²) in [7, 11) is 3.42. The van der Waals surface area contributed by atoms with E-state index in [0.29, 0.717) is 12.5 Å². The van der Waals surface area contributed by atoms with Crippen molar-refractivity contribution in [3.05, 3.63) is 29.3 Å². The minimum Gasteiger partial charge on any atom is -0.496 e. The highest BCUT2D eigenvalue weighted by atomic mass is 16.5. The van der Waals surface area contributed by atoms with Gasteiger partial charge < -0.3 is 15.2 Å². The van der Waals surface area contributed by atoms with Crippen LogP contribution >= 0.6 is 0 Å². The molecule has 0 radical (unpaired) electrons. The molecule has 2 N–H and O–H groups in total. The molecule has 0 atom stereocenters. The largest absolute Gasteiger partial charge is 0.496 e. The number of hydrogen-bond acceptors (Lipinski definition) is 4. The molecule has 0 heterocycles. The van der Waals surface area contributed by atoms with Crippen LogP contribution in [0, 0.1) is 5.92 Å². The van der Waals surface area contributed by atoms with Crippen molar-refractivity contribution in [1.29, 1.82) is 0 Å².